The molecule has 6 nitrogen and oxygen atoms in total. The molecule has 0 fully saturated rings. The monoisotopic (exact) mass is 425 g/mol. The summed E-state index contributed by atoms with van der Waals surface area (Å²) in [5.41, 5.74) is 4.21. The lowest BCUT2D eigenvalue weighted by Crippen LogP contribution is -2.43. The molecule has 166 valence electrons. The van der Waals surface area contributed by atoms with Crippen LogP contribution in [0, 0.1) is 18.8 Å². The molecule has 1 aromatic rings. The number of Topliss-reactive ketones (excluding diaryl/α,β-unsaturated/α-hetero) is 1. The lowest BCUT2D eigenvalue weighted by Gasteiger charge is -2.38. The quantitative estimate of drug-likeness (QED) is 0.568. The summed E-state index contributed by atoms with van der Waals surface area (Å²) >= 11 is 0. The van der Waals surface area contributed by atoms with Gasteiger partial charge in [0.25, 0.3) is 0 Å². The standard InChI is InChI=1S/C25H31NO5/c1-7-15(4)31-25(29)20-16(5)26-18-12-14(3)19(24(28)30-6)23(27)22(18)21(20)17-10-8-13(2)9-11-17/h8-11,14-15,19,21,26H,7,12H2,1-6H3/t14-,15-,19-,21+/m0/s1. The molecule has 2 aliphatic rings. The molecule has 31 heavy (non-hydrogen) atoms. The molecule has 1 aliphatic heterocycles. The van der Waals surface area contributed by atoms with Gasteiger partial charge in [-0.15, -0.1) is 0 Å². The van der Waals surface area contributed by atoms with Crippen LogP contribution in [0.25, 0.3) is 0 Å². The molecule has 1 N–H and O–H groups in total. The minimum atomic E-state index is -0.885. The van der Waals surface area contributed by atoms with Gasteiger partial charge in [-0.25, -0.2) is 4.79 Å². The van der Waals surface area contributed by atoms with Crippen molar-refractivity contribution in [3.8, 4) is 0 Å². The summed E-state index contributed by atoms with van der Waals surface area (Å²) < 4.78 is 10.6. The SMILES string of the molecule is CC[C@H](C)OC(=O)C1=C(C)NC2=C(C(=O)[C@@H](C(=O)OC)[C@@H](C)C2)[C@@H]1c1ccc(C)cc1. The van der Waals surface area contributed by atoms with Crippen LogP contribution in [0.1, 0.15) is 57.6 Å². The highest BCUT2D eigenvalue weighted by Crippen LogP contribution is 2.45. The fourth-order valence-electron chi connectivity index (χ4n) is 4.37. The number of ketones is 1. The van der Waals surface area contributed by atoms with Crippen molar-refractivity contribution in [2.24, 2.45) is 11.8 Å². The summed E-state index contributed by atoms with van der Waals surface area (Å²) in [4.78, 5) is 39.2. The normalized spacial score (nSPS) is 24.3. The summed E-state index contributed by atoms with van der Waals surface area (Å²) in [5, 5.41) is 3.28. The lowest BCUT2D eigenvalue weighted by molar-refractivity contribution is -0.151. The summed E-state index contributed by atoms with van der Waals surface area (Å²) in [6.07, 6.45) is 0.968. The van der Waals surface area contributed by atoms with E-state index in [9.17, 15) is 14.4 Å². The van der Waals surface area contributed by atoms with E-state index in [1.54, 1.807) is 0 Å². The second-order valence-electron chi connectivity index (χ2n) is 8.57. The molecule has 1 aliphatic carbocycles. The molecule has 0 saturated carbocycles. The molecule has 1 aromatic carbocycles. The van der Waals surface area contributed by atoms with Crippen molar-refractivity contribution in [2.75, 3.05) is 7.11 Å². The number of nitrogens with one attached hydrogen (secondary N) is 1. The Bertz CT molecular complexity index is 957. The van der Waals surface area contributed by atoms with E-state index in [1.807, 2.05) is 58.9 Å². The summed E-state index contributed by atoms with van der Waals surface area (Å²) in [6, 6.07) is 7.77. The van der Waals surface area contributed by atoms with Crippen LogP contribution < -0.4 is 5.32 Å². The molecule has 1 heterocycles. The van der Waals surface area contributed by atoms with Crippen LogP contribution in [0.4, 0.5) is 0 Å². The van der Waals surface area contributed by atoms with Crippen LogP contribution in [0.3, 0.4) is 0 Å². The maximum absolute atomic E-state index is 13.6. The third-order valence-corrected chi connectivity index (χ3v) is 6.26. The third-order valence-electron chi connectivity index (χ3n) is 6.26. The number of ether oxygens (including phenoxy) is 2. The average Bonchev–Trinajstić information content (AvgIpc) is 2.72. The van der Waals surface area contributed by atoms with Crippen molar-refractivity contribution in [1.82, 2.24) is 5.32 Å². The van der Waals surface area contributed by atoms with E-state index >= 15 is 0 Å². The highest BCUT2D eigenvalue weighted by Gasteiger charge is 2.47. The van der Waals surface area contributed by atoms with Gasteiger partial charge in [-0.05, 0) is 45.1 Å². The Morgan fingerprint density at radius 1 is 1.19 bits per heavy atom. The van der Waals surface area contributed by atoms with E-state index in [4.69, 9.17) is 9.47 Å². The minimum Gasteiger partial charge on any atom is -0.468 e. The number of rotatable bonds is 5. The summed E-state index contributed by atoms with van der Waals surface area (Å²) in [6.45, 7) is 9.48. The molecule has 6 heteroatoms. The fourth-order valence-corrected chi connectivity index (χ4v) is 4.37. The third kappa shape index (κ3) is 4.29. The van der Waals surface area contributed by atoms with Crippen LogP contribution in [0.5, 0.6) is 0 Å². The van der Waals surface area contributed by atoms with Crippen LogP contribution in [0.2, 0.25) is 0 Å². The summed E-state index contributed by atoms with van der Waals surface area (Å²) in [5.74, 6) is -2.96. The first-order chi connectivity index (χ1) is 14.7. The zero-order valence-electron chi connectivity index (χ0n) is 19.1. The Hall–Kier alpha value is -2.89. The molecule has 3 rings (SSSR count). The minimum absolute atomic E-state index is 0.203. The number of allylic oxidation sites excluding steroid dienone is 3. The van der Waals surface area contributed by atoms with Gasteiger partial charge < -0.3 is 14.8 Å². The predicted octanol–water partition coefficient (Wildman–Crippen LogP) is 3.95. The first-order valence-corrected chi connectivity index (χ1v) is 10.8. The van der Waals surface area contributed by atoms with Crippen molar-refractivity contribution >= 4 is 17.7 Å². The van der Waals surface area contributed by atoms with E-state index in [2.05, 4.69) is 5.32 Å². The van der Waals surface area contributed by atoms with E-state index in [1.165, 1.54) is 7.11 Å². The Kier molecular flexibility index (Phi) is 6.68. The van der Waals surface area contributed by atoms with Gasteiger partial charge in [-0.1, -0.05) is 43.7 Å². The molecule has 0 saturated heterocycles. The Morgan fingerprint density at radius 3 is 2.42 bits per heavy atom. The van der Waals surface area contributed by atoms with Crippen LogP contribution in [-0.2, 0) is 23.9 Å². The van der Waals surface area contributed by atoms with Gasteiger partial charge in [0.2, 0.25) is 0 Å². The predicted molar refractivity (Wildman–Crippen MR) is 117 cm³/mol. The first-order valence-electron chi connectivity index (χ1n) is 10.8. The molecular formula is C25H31NO5. The number of benzene rings is 1. The molecule has 0 bridgehead atoms. The summed E-state index contributed by atoms with van der Waals surface area (Å²) in [7, 11) is 1.29. The maximum Gasteiger partial charge on any atom is 0.337 e. The van der Waals surface area contributed by atoms with E-state index in [0.29, 0.717) is 29.7 Å². The van der Waals surface area contributed by atoms with E-state index in [-0.39, 0.29) is 17.8 Å². The second-order valence-corrected chi connectivity index (χ2v) is 8.57. The average molecular weight is 426 g/mol. The molecule has 0 aromatic heterocycles. The largest absolute Gasteiger partial charge is 0.468 e. The number of hydrogen-bond acceptors (Lipinski definition) is 6. The lowest BCUT2D eigenvalue weighted by atomic mass is 9.69. The van der Waals surface area contributed by atoms with Gasteiger partial charge >= 0.3 is 11.9 Å². The number of methoxy groups -OCH3 is 1. The van der Waals surface area contributed by atoms with Gasteiger partial charge in [0.05, 0.1) is 18.8 Å². The maximum atomic E-state index is 13.6. The smallest absolute Gasteiger partial charge is 0.337 e. The van der Waals surface area contributed by atoms with Crippen LogP contribution >= 0.6 is 0 Å². The van der Waals surface area contributed by atoms with Gasteiger partial charge in [0.1, 0.15) is 5.92 Å². The van der Waals surface area contributed by atoms with Gasteiger partial charge in [0, 0.05) is 22.9 Å². The highest BCUT2D eigenvalue weighted by molar-refractivity contribution is 6.12. The van der Waals surface area contributed by atoms with Gasteiger partial charge in [-0.3, -0.25) is 9.59 Å². The number of hydrogen-bond donors (Lipinski definition) is 1. The van der Waals surface area contributed by atoms with Gasteiger partial charge in [-0.2, -0.15) is 0 Å². The molecular weight excluding hydrogens is 394 g/mol. The topological polar surface area (TPSA) is 81.7 Å². The molecule has 0 amide bonds. The molecule has 0 unspecified atom stereocenters. The number of carbonyl (C=O) groups excluding carboxylic acids is 3. The number of carbonyl (C=O) groups is 3. The van der Waals surface area contributed by atoms with Crippen molar-refractivity contribution in [2.45, 2.75) is 59.5 Å². The van der Waals surface area contributed by atoms with Crippen molar-refractivity contribution in [3.05, 3.63) is 57.9 Å². The van der Waals surface area contributed by atoms with E-state index in [0.717, 1.165) is 16.8 Å². The van der Waals surface area contributed by atoms with E-state index < -0.39 is 23.8 Å². The fraction of sp³-hybridized carbons (Fsp3) is 0.480. The number of dihydropyridines is 1. The highest BCUT2D eigenvalue weighted by atomic mass is 16.5. The number of esters is 2. The first kappa shape index (κ1) is 22.8. The Balaban J connectivity index is 2.15. The zero-order chi connectivity index (χ0) is 22.9. The Morgan fingerprint density at radius 2 is 1.84 bits per heavy atom. The Labute approximate surface area is 183 Å². The van der Waals surface area contributed by atoms with Crippen LogP contribution in [0.15, 0.2) is 46.8 Å². The van der Waals surface area contributed by atoms with Crippen LogP contribution in [-0.4, -0.2) is 30.9 Å². The van der Waals surface area contributed by atoms with Crippen molar-refractivity contribution < 1.29 is 23.9 Å². The number of aryl methyl sites for hydroxylation is 1. The zero-order valence-corrected chi connectivity index (χ0v) is 19.1. The van der Waals surface area contributed by atoms with Gasteiger partial charge in [0.15, 0.2) is 5.78 Å². The van der Waals surface area contributed by atoms with Crippen molar-refractivity contribution in [3.63, 3.8) is 0 Å². The second kappa shape index (κ2) is 9.08. The molecule has 4 atom stereocenters. The van der Waals surface area contributed by atoms with Crippen molar-refractivity contribution in [1.29, 1.82) is 0 Å². The molecule has 0 radical (unpaired) electrons. The molecule has 0 spiro atoms.